The van der Waals surface area contributed by atoms with Gasteiger partial charge in [0.05, 0.1) is 17.0 Å². The van der Waals surface area contributed by atoms with E-state index in [1.807, 2.05) is 12.1 Å². The SMILES string of the molecule is CC(C)(C)OC(=O)N1CCC[C@H]1C(=O)Nc1ccc(-c2cnc(C3C=CC([N+](=O)[O-])=CC3)o2)cc1. The van der Waals surface area contributed by atoms with E-state index in [4.69, 9.17) is 9.15 Å². The average molecular weight is 481 g/mol. The molecule has 0 bridgehead atoms. The van der Waals surface area contributed by atoms with Crippen molar-refractivity contribution in [3.63, 3.8) is 0 Å². The predicted octanol–water partition coefficient (Wildman–Crippen LogP) is 4.88. The van der Waals surface area contributed by atoms with E-state index >= 15 is 0 Å². The van der Waals surface area contributed by atoms with Crippen molar-refractivity contribution in [3.8, 4) is 11.3 Å². The van der Waals surface area contributed by atoms with Gasteiger partial charge in [0.15, 0.2) is 5.76 Å². The lowest BCUT2D eigenvalue weighted by molar-refractivity contribution is -0.419. The molecule has 0 saturated carbocycles. The fourth-order valence-corrected chi connectivity index (χ4v) is 4.04. The van der Waals surface area contributed by atoms with Crippen molar-refractivity contribution in [3.05, 3.63) is 70.4 Å². The van der Waals surface area contributed by atoms with Crippen LogP contribution in [-0.4, -0.2) is 45.0 Å². The number of anilines is 1. The van der Waals surface area contributed by atoms with Gasteiger partial charge in [-0.05, 0) is 70.4 Å². The summed E-state index contributed by atoms with van der Waals surface area (Å²) in [5, 5.41) is 13.7. The highest BCUT2D eigenvalue weighted by atomic mass is 16.6. The summed E-state index contributed by atoms with van der Waals surface area (Å²) in [6, 6.07) is 6.56. The molecule has 1 aromatic heterocycles. The van der Waals surface area contributed by atoms with E-state index in [1.165, 1.54) is 11.0 Å². The topological polar surface area (TPSA) is 128 Å². The van der Waals surface area contributed by atoms with Gasteiger partial charge >= 0.3 is 6.09 Å². The van der Waals surface area contributed by atoms with Crippen LogP contribution in [-0.2, 0) is 9.53 Å². The summed E-state index contributed by atoms with van der Waals surface area (Å²) in [5.74, 6) is 0.623. The molecule has 1 fully saturated rings. The number of hydrogen-bond donors (Lipinski definition) is 1. The van der Waals surface area contributed by atoms with Crippen LogP contribution in [0.15, 0.2) is 58.8 Å². The number of nitro groups is 1. The number of carbonyl (C=O) groups is 2. The maximum absolute atomic E-state index is 12.9. The Balaban J connectivity index is 1.37. The lowest BCUT2D eigenvalue weighted by atomic mass is 10.00. The number of nitrogens with one attached hydrogen (secondary N) is 1. The Morgan fingerprint density at radius 2 is 2.00 bits per heavy atom. The van der Waals surface area contributed by atoms with E-state index in [2.05, 4.69) is 10.3 Å². The number of likely N-dealkylation sites (tertiary alicyclic amines) is 1. The molecular formula is C25H28N4O6. The third kappa shape index (κ3) is 5.76. The number of amides is 2. The van der Waals surface area contributed by atoms with Crippen molar-refractivity contribution < 1.29 is 23.7 Å². The summed E-state index contributed by atoms with van der Waals surface area (Å²) in [7, 11) is 0. The molecule has 0 spiro atoms. The minimum absolute atomic E-state index is 0.0671. The van der Waals surface area contributed by atoms with Gasteiger partial charge < -0.3 is 14.5 Å². The van der Waals surface area contributed by atoms with Crippen LogP contribution in [0.5, 0.6) is 0 Å². The van der Waals surface area contributed by atoms with E-state index < -0.39 is 22.7 Å². The van der Waals surface area contributed by atoms with Crippen molar-refractivity contribution in [1.82, 2.24) is 9.88 Å². The molecule has 2 aliphatic rings. The molecule has 1 unspecified atom stereocenters. The first-order chi connectivity index (χ1) is 16.6. The standard InChI is InChI=1S/C25H28N4O6/c1-25(2,3)35-24(31)28-14-4-5-20(28)22(30)27-18-10-6-16(7-11-18)21-15-26-23(34-21)17-8-12-19(13-9-17)29(32)33/h6-8,10-13,15,17,20H,4-5,9,14H2,1-3H3,(H,27,30)/t17?,20-/m0/s1. The number of hydrogen-bond acceptors (Lipinski definition) is 7. The Morgan fingerprint density at radius 1 is 1.26 bits per heavy atom. The summed E-state index contributed by atoms with van der Waals surface area (Å²) in [6.45, 7) is 5.87. The Labute approximate surface area is 202 Å². The fourth-order valence-electron chi connectivity index (χ4n) is 4.04. The molecular weight excluding hydrogens is 452 g/mol. The van der Waals surface area contributed by atoms with Crippen LogP contribution in [0, 0.1) is 10.1 Å². The quantitative estimate of drug-likeness (QED) is 0.477. The number of aromatic nitrogens is 1. The van der Waals surface area contributed by atoms with Gasteiger partial charge in [-0.25, -0.2) is 9.78 Å². The van der Waals surface area contributed by atoms with Gasteiger partial charge in [0.25, 0.3) is 5.70 Å². The Morgan fingerprint density at radius 3 is 2.63 bits per heavy atom. The van der Waals surface area contributed by atoms with E-state index in [0.717, 1.165) is 12.0 Å². The second-order valence-corrected chi connectivity index (χ2v) is 9.55. The molecule has 2 aromatic rings. The van der Waals surface area contributed by atoms with E-state index in [9.17, 15) is 19.7 Å². The largest absolute Gasteiger partial charge is 0.444 e. The van der Waals surface area contributed by atoms with Gasteiger partial charge in [0.1, 0.15) is 11.6 Å². The van der Waals surface area contributed by atoms with Gasteiger partial charge in [-0.2, -0.15) is 0 Å². The lowest BCUT2D eigenvalue weighted by Crippen LogP contribution is -2.45. The van der Waals surface area contributed by atoms with Crippen LogP contribution in [0.25, 0.3) is 11.3 Å². The molecule has 0 radical (unpaired) electrons. The number of allylic oxidation sites excluding steroid dienone is 3. The normalized spacial score (nSPS) is 19.9. The molecule has 2 heterocycles. The summed E-state index contributed by atoms with van der Waals surface area (Å²) >= 11 is 0. The number of carbonyl (C=O) groups excluding carboxylic acids is 2. The van der Waals surface area contributed by atoms with Crippen molar-refractivity contribution in [2.45, 2.75) is 57.6 Å². The number of nitrogens with zero attached hydrogens (tertiary/aromatic N) is 3. The first-order valence-corrected chi connectivity index (χ1v) is 11.5. The first kappa shape index (κ1) is 24.2. The summed E-state index contributed by atoms with van der Waals surface area (Å²) < 4.78 is 11.3. The van der Waals surface area contributed by atoms with Gasteiger partial charge in [-0.1, -0.05) is 6.08 Å². The maximum Gasteiger partial charge on any atom is 0.410 e. The highest BCUT2D eigenvalue weighted by Crippen LogP contribution is 2.30. The van der Waals surface area contributed by atoms with Crippen LogP contribution < -0.4 is 5.32 Å². The zero-order valence-corrected chi connectivity index (χ0v) is 19.9. The second-order valence-electron chi connectivity index (χ2n) is 9.55. The van der Waals surface area contributed by atoms with Gasteiger partial charge in [0, 0.05) is 23.9 Å². The van der Waals surface area contributed by atoms with Crippen molar-refractivity contribution in [2.24, 2.45) is 0 Å². The smallest absolute Gasteiger partial charge is 0.410 e. The van der Waals surface area contributed by atoms with Crippen molar-refractivity contribution >= 4 is 17.7 Å². The monoisotopic (exact) mass is 480 g/mol. The number of benzene rings is 1. The van der Waals surface area contributed by atoms with Gasteiger partial charge in [0.2, 0.25) is 11.8 Å². The molecule has 4 rings (SSSR count). The minimum Gasteiger partial charge on any atom is -0.444 e. The highest BCUT2D eigenvalue weighted by molar-refractivity contribution is 5.97. The van der Waals surface area contributed by atoms with Crippen LogP contribution >= 0.6 is 0 Å². The van der Waals surface area contributed by atoms with Crippen LogP contribution in [0.3, 0.4) is 0 Å². The average Bonchev–Trinajstić information content (AvgIpc) is 3.49. The number of ether oxygens (including phenoxy) is 1. The lowest BCUT2D eigenvalue weighted by Gasteiger charge is -2.28. The zero-order valence-electron chi connectivity index (χ0n) is 19.9. The summed E-state index contributed by atoms with van der Waals surface area (Å²) in [4.78, 5) is 41.5. The maximum atomic E-state index is 12.9. The highest BCUT2D eigenvalue weighted by Gasteiger charge is 2.36. The van der Waals surface area contributed by atoms with Crippen molar-refractivity contribution in [2.75, 3.05) is 11.9 Å². The predicted molar refractivity (Wildman–Crippen MR) is 128 cm³/mol. The molecule has 10 heteroatoms. The zero-order chi connectivity index (χ0) is 25.2. The molecule has 1 aromatic carbocycles. The van der Waals surface area contributed by atoms with Crippen molar-refractivity contribution in [1.29, 1.82) is 0 Å². The van der Waals surface area contributed by atoms with E-state index in [0.29, 0.717) is 36.7 Å². The van der Waals surface area contributed by atoms with Gasteiger partial charge in [-0.15, -0.1) is 0 Å². The second kappa shape index (κ2) is 9.73. The first-order valence-electron chi connectivity index (χ1n) is 11.5. The molecule has 35 heavy (non-hydrogen) atoms. The van der Waals surface area contributed by atoms with Gasteiger partial charge in [-0.3, -0.25) is 19.8 Å². The van der Waals surface area contributed by atoms with Crippen LogP contribution in [0.4, 0.5) is 10.5 Å². The van der Waals surface area contributed by atoms with E-state index in [-0.39, 0.29) is 17.5 Å². The third-order valence-corrected chi connectivity index (χ3v) is 5.75. The molecule has 2 amide bonds. The fraction of sp³-hybridized carbons (Fsp3) is 0.400. The Bertz CT molecular complexity index is 1180. The summed E-state index contributed by atoms with van der Waals surface area (Å²) in [5.41, 5.74) is 0.818. The van der Waals surface area contributed by atoms with Crippen LogP contribution in [0.2, 0.25) is 0 Å². The third-order valence-electron chi connectivity index (χ3n) is 5.75. The molecule has 1 aliphatic heterocycles. The molecule has 184 valence electrons. The number of rotatable bonds is 5. The summed E-state index contributed by atoms with van der Waals surface area (Å²) in [6.07, 6.45) is 7.63. The molecule has 1 saturated heterocycles. The number of oxazole rings is 1. The van der Waals surface area contributed by atoms with E-state index in [1.54, 1.807) is 51.3 Å². The molecule has 10 nitrogen and oxygen atoms in total. The molecule has 2 atom stereocenters. The molecule has 1 N–H and O–H groups in total. The Kier molecular flexibility index (Phi) is 6.72. The minimum atomic E-state index is -0.626. The van der Waals surface area contributed by atoms with Crippen LogP contribution in [0.1, 0.15) is 51.8 Å². The molecule has 1 aliphatic carbocycles. The Hall–Kier alpha value is -3.95.